The van der Waals surface area contributed by atoms with Gasteiger partial charge >= 0.3 is 26.7 Å². The highest BCUT2D eigenvalue weighted by molar-refractivity contribution is 6.64. The summed E-state index contributed by atoms with van der Waals surface area (Å²) in [6.07, 6.45) is 2.57. The molecule has 0 bridgehead atoms. The van der Waals surface area contributed by atoms with E-state index in [9.17, 15) is 14.4 Å². The van der Waals surface area contributed by atoms with Crippen LogP contribution in [0, 0.1) is 0 Å². The van der Waals surface area contributed by atoms with Crippen molar-refractivity contribution in [2.45, 2.75) is 6.55 Å². The Labute approximate surface area is 99.5 Å². The van der Waals surface area contributed by atoms with Crippen LogP contribution in [-0.4, -0.2) is 26.7 Å². The molecular weight excluding hydrogens is 244 g/mol. The summed E-state index contributed by atoms with van der Waals surface area (Å²) in [6.45, 7) is 10.7. The van der Waals surface area contributed by atoms with Crippen molar-refractivity contribution in [3.63, 3.8) is 0 Å². The van der Waals surface area contributed by atoms with Crippen LogP contribution in [0.4, 0.5) is 0 Å². The highest BCUT2D eigenvalue weighted by Crippen LogP contribution is 2.11. The summed E-state index contributed by atoms with van der Waals surface area (Å²) in [7, 11) is -3.76. The van der Waals surface area contributed by atoms with Crippen LogP contribution in [0.15, 0.2) is 38.0 Å². The predicted octanol–water partition coefficient (Wildman–Crippen LogP) is 0.743. The molecule has 0 radical (unpaired) electrons. The van der Waals surface area contributed by atoms with Gasteiger partial charge in [0.25, 0.3) is 0 Å². The van der Waals surface area contributed by atoms with E-state index in [1.165, 1.54) is 6.55 Å². The molecule has 0 aromatic rings. The first-order chi connectivity index (χ1) is 7.86. The Kier molecular flexibility index (Phi) is 5.62. The third-order valence-corrected chi connectivity index (χ3v) is 3.07. The molecule has 0 atom stereocenters. The molecule has 92 valence electrons. The SMILES string of the molecule is C=CC(=O)O[Si](C)(OC(=O)C=C)OC(=O)C=C. The first-order valence-corrected chi connectivity index (χ1v) is 6.65. The molecule has 0 saturated carbocycles. The van der Waals surface area contributed by atoms with Crippen molar-refractivity contribution in [3.8, 4) is 0 Å². The molecule has 0 saturated heterocycles. The lowest BCUT2D eigenvalue weighted by atomic mass is 10.7. The molecule has 0 aliphatic carbocycles. The van der Waals surface area contributed by atoms with Gasteiger partial charge in [-0.25, -0.2) is 14.4 Å². The topological polar surface area (TPSA) is 78.9 Å². The Morgan fingerprint density at radius 3 is 1.24 bits per heavy atom. The number of carbonyl (C=O) groups excluding carboxylic acids is 3. The molecule has 0 rings (SSSR count). The van der Waals surface area contributed by atoms with E-state index in [4.69, 9.17) is 13.3 Å². The summed E-state index contributed by atoms with van der Waals surface area (Å²) < 4.78 is 14.2. The highest BCUT2D eigenvalue weighted by Gasteiger charge is 2.46. The Morgan fingerprint density at radius 2 is 1.06 bits per heavy atom. The molecule has 0 heterocycles. The van der Waals surface area contributed by atoms with Gasteiger partial charge in [-0.15, -0.1) is 0 Å². The fraction of sp³-hybridized carbons (Fsp3) is 0.100. The van der Waals surface area contributed by atoms with Gasteiger partial charge in [-0.1, -0.05) is 19.7 Å². The van der Waals surface area contributed by atoms with Gasteiger partial charge in [-0.05, 0) is 0 Å². The summed E-state index contributed by atoms with van der Waals surface area (Å²) in [5, 5.41) is 0. The number of carbonyl (C=O) groups is 3. The van der Waals surface area contributed by atoms with Crippen LogP contribution in [0.1, 0.15) is 0 Å². The minimum atomic E-state index is -3.76. The van der Waals surface area contributed by atoms with Gasteiger partial charge in [0.05, 0.1) is 0 Å². The van der Waals surface area contributed by atoms with E-state index in [-0.39, 0.29) is 0 Å². The second-order valence-electron chi connectivity index (χ2n) is 2.74. The van der Waals surface area contributed by atoms with Crippen LogP contribution in [-0.2, 0) is 27.7 Å². The summed E-state index contributed by atoms with van der Waals surface area (Å²) >= 11 is 0. The molecule has 0 spiro atoms. The fourth-order valence-corrected chi connectivity index (χ4v) is 2.21. The maximum atomic E-state index is 11.0. The Morgan fingerprint density at radius 1 is 0.824 bits per heavy atom. The fourth-order valence-electron chi connectivity index (χ4n) is 0.736. The smallest absolute Gasteiger partial charge is 0.452 e. The third kappa shape index (κ3) is 5.47. The minimum Gasteiger partial charge on any atom is -0.452 e. The first-order valence-electron chi connectivity index (χ1n) is 4.43. The van der Waals surface area contributed by atoms with Crippen LogP contribution in [0.25, 0.3) is 0 Å². The van der Waals surface area contributed by atoms with Crippen LogP contribution in [0.3, 0.4) is 0 Å². The quantitative estimate of drug-likeness (QED) is 0.515. The van der Waals surface area contributed by atoms with Crippen LogP contribution in [0.5, 0.6) is 0 Å². The van der Waals surface area contributed by atoms with Crippen molar-refractivity contribution in [2.24, 2.45) is 0 Å². The van der Waals surface area contributed by atoms with Gasteiger partial charge in [-0.3, -0.25) is 0 Å². The zero-order valence-electron chi connectivity index (χ0n) is 9.30. The van der Waals surface area contributed by atoms with Gasteiger partial charge in [-0.2, -0.15) is 0 Å². The monoisotopic (exact) mass is 256 g/mol. The van der Waals surface area contributed by atoms with Crippen molar-refractivity contribution >= 4 is 26.7 Å². The maximum absolute atomic E-state index is 11.0. The lowest BCUT2D eigenvalue weighted by Crippen LogP contribution is -2.46. The van der Waals surface area contributed by atoms with E-state index in [1.807, 2.05) is 0 Å². The van der Waals surface area contributed by atoms with E-state index in [2.05, 4.69) is 19.7 Å². The lowest BCUT2D eigenvalue weighted by molar-refractivity contribution is -0.143. The van der Waals surface area contributed by atoms with Crippen molar-refractivity contribution in [1.82, 2.24) is 0 Å². The van der Waals surface area contributed by atoms with Crippen LogP contribution in [0.2, 0.25) is 6.55 Å². The highest BCUT2D eigenvalue weighted by atomic mass is 28.4. The van der Waals surface area contributed by atoms with E-state index >= 15 is 0 Å². The number of hydrogen-bond donors (Lipinski definition) is 0. The van der Waals surface area contributed by atoms with Gasteiger partial charge in [0, 0.05) is 24.8 Å². The molecule has 0 amide bonds. The normalized spacial score (nSPS) is 9.71. The standard InChI is InChI=1S/C10H12O6Si/c1-5-8(11)14-17(4,15-9(12)6-2)16-10(13)7-3/h5-7H,1-3H2,4H3. The van der Waals surface area contributed by atoms with Crippen molar-refractivity contribution < 1.29 is 27.7 Å². The van der Waals surface area contributed by atoms with E-state index in [1.54, 1.807) is 0 Å². The third-order valence-electron chi connectivity index (χ3n) is 1.36. The number of rotatable bonds is 6. The molecule has 0 aromatic carbocycles. The number of hydrogen-bond acceptors (Lipinski definition) is 6. The molecule has 7 heteroatoms. The Hall–Kier alpha value is -2.15. The molecule has 0 fully saturated rings. The zero-order valence-corrected chi connectivity index (χ0v) is 10.3. The van der Waals surface area contributed by atoms with Crippen molar-refractivity contribution in [1.29, 1.82) is 0 Å². The van der Waals surface area contributed by atoms with Crippen LogP contribution >= 0.6 is 0 Å². The first kappa shape index (κ1) is 14.8. The molecule has 0 aliphatic rings. The summed E-state index contributed by atoms with van der Waals surface area (Å²) in [5.41, 5.74) is 0. The molecular formula is C10H12O6Si. The predicted molar refractivity (Wildman–Crippen MR) is 60.5 cm³/mol. The minimum absolute atomic E-state index is 0.856. The van der Waals surface area contributed by atoms with Crippen molar-refractivity contribution in [2.75, 3.05) is 0 Å². The largest absolute Gasteiger partial charge is 0.702 e. The van der Waals surface area contributed by atoms with Gasteiger partial charge in [0.2, 0.25) is 0 Å². The van der Waals surface area contributed by atoms with Gasteiger partial charge in [0.1, 0.15) is 0 Å². The molecule has 0 aliphatic heterocycles. The Bertz CT molecular complexity index is 318. The van der Waals surface area contributed by atoms with E-state index in [0.29, 0.717) is 0 Å². The molecule has 17 heavy (non-hydrogen) atoms. The van der Waals surface area contributed by atoms with E-state index < -0.39 is 26.7 Å². The lowest BCUT2D eigenvalue weighted by Gasteiger charge is -2.22. The van der Waals surface area contributed by atoms with Gasteiger partial charge in [0.15, 0.2) is 0 Å². The maximum Gasteiger partial charge on any atom is 0.702 e. The molecule has 0 aromatic heterocycles. The van der Waals surface area contributed by atoms with Crippen LogP contribution < -0.4 is 0 Å². The summed E-state index contributed by atoms with van der Waals surface area (Å²) in [5.74, 6) is -2.60. The van der Waals surface area contributed by atoms with Crippen molar-refractivity contribution in [3.05, 3.63) is 38.0 Å². The second kappa shape index (κ2) is 6.43. The zero-order chi connectivity index (χ0) is 13.5. The summed E-state index contributed by atoms with van der Waals surface area (Å²) in [4.78, 5) is 33.1. The Balaban J connectivity index is 4.90. The average Bonchev–Trinajstić information content (AvgIpc) is 2.27. The average molecular weight is 256 g/mol. The summed E-state index contributed by atoms with van der Waals surface area (Å²) in [6, 6.07) is 0. The van der Waals surface area contributed by atoms with E-state index in [0.717, 1.165) is 18.2 Å². The molecule has 6 nitrogen and oxygen atoms in total. The molecule has 0 unspecified atom stereocenters. The molecule has 0 N–H and O–H groups in total. The second-order valence-corrected chi connectivity index (χ2v) is 5.08. The van der Waals surface area contributed by atoms with Gasteiger partial charge < -0.3 is 13.3 Å².